The number of hydrogen-bond acceptors (Lipinski definition) is 4. The summed E-state index contributed by atoms with van der Waals surface area (Å²) >= 11 is 3.31. The molecule has 0 aliphatic rings. The lowest BCUT2D eigenvalue weighted by atomic mass is 9.95. The summed E-state index contributed by atoms with van der Waals surface area (Å²) in [6.07, 6.45) is 3.00. The highest BCUT2D eigenvalue weighted by Gasteiger charge is 2.35. The van der Waals surface area contributed by atoms with E-state index in [2.05, 4.69) is 20.9 Å². The Labute approximate surface area is 101 Å². The van der Waals surface area contributed by atoms with Crippen LogP contribution in [-0.4, -0.2) is 10.1 Å². The Morgan fingerprint density at radius 3 is 2.50 bits per heavy atom. The predicted octanol–water partition coefficient (Wildman–Crippen LogP) is 2.90. The van der Waals surface area contributed by atoms with Crippen molar-refractivity contribution in [3.05, 3.63) is 39.9 Å². The van der Waals surface area contributed by atoms with E-state index in [1.807, 2.05) is 0 Å². The first-order chi connectivity index (χ1) is 7.43. The number of oxazole rings is 1. The van der Waals surface area contributed by atoms with Crippen molar-refractivity contribution in [2.75, 3.05) is 0 Å². The summed E-state index contributed by atoms with van der Waals surface area (Å²) < 4.78 is 11.2. The van der Waals surface area contributed by atoms with Crippen LogP contribution in [0.3, 0.4) is 0 Å². The normalized spacial score (nSPS) is 15.1. The molecular weight excluding hydrogens is 274 g/mol. The molecule has 0 aliphatic heterocycles. The number of halogens is 1. The highest BCUT2D eigenvalue weighted by atomic mass is 79.9. The van der Waals surface area contributed by atoms with Gasteiger partial charge in [0.25, 0.3) is 0 Å². The molecule has 1 atom stereocenters. The Balaban J connectivity index is 2.54. The van der Waals surface area contributed by atoms with Gasteiger partial charge in [0, 0.05) is 12.5 Å². The van der Waals surface area contributed by atoms with E-state index in [1.165, 1.54) is 12.5 Å². The van der Waals surface area contributed by atoms with Gasteiger partial charge in [-0.05, 0) is 29.8 Å². The fraction of sp³-hybridized carbons (Fsp3) is 0.364. The molecule has 1 N–H and O–H groups in total. The van der Waals surface area contributed by atoms with Gasteiger partial charge < -0.3 is 13.9 Å². The fourth-order valence-electron chi connectivity index (χ4n) is 1.73. The minimum absolute atomic E-state index is 0.437. The van der Waals surface area contributed by atoms with Crippen molar-refractivity contribution in [2.45, 2.75) is 26.4 Å². The second kappa shape index (κ2) is 3.75. The van der Waals surface area contributed by atoms with Gasteiger partial charge in [-0.3, -0.25) is 0 Å². The lowest BCUT2D eigenvalue weighted by Gasteiger charge is -2.20. The third-order valence-corrected chi connectivity index (χ3v) is 3.10. The van der Waals surface area contributed by atoms with E-state index in [1.54, 1.807) is 20.8 Å². The molecule has 1 unspecified atom stereocenters. The molecule has 4 nitrogen and oxygen atoms in total. The van der Waals surface area contributed by atoms with Gasteiger partial charge in [0.05, 0.1) is 16.4 Å². The van der Waals surface area contributed by atoms with E-state index in [-0.39, 0.29) is 0 Å². The first kappa shape index (κ1) is 11.4. The Morgan fingerprint density at radius 1 is 1.38 bits per heavy atom. The van der Waals surface area contributed by atoms with E-state index in [0.29, 0.717) is 27.4 Å². The third-order valence-electron chi connectivity index (χ3n) is 2.48. The second-order valence-electron chi connectivity index (χ2n) is 3.85. The van der Waals surface area contributed by atoms with Crippen LogP contribution in [0.1, 0.15) is 29.8 Å². The summed E-state index contributed by atoms with van der Waals surface area (Å²) in [5, 5.41) is 10.5. The molecule has 16 heavy (non-hydrogen) atoms. The van der Waals surface area contributed by atoms with Crippen LogP contribution in [0.5, 0.6) is 0 Å². The molecule has 86 valence electrons. The summed E-state index contributed by atoms with van der Waals surface area (Å²) in [4.78, 5) is 4.14. The van der Waals surface area contributed by atoms with Crippen molar-refractivity contribution in [1.82, 2.24) is 4.98 Å². The predicted molar refractivity (Wildman–Crippen MR) is 61.1 cm³/mol. The first-order valence-electron chi connectivity index (χ1n) is 4.82. The summed E-state index contributed by atoms with van der Waals surface area (Å²) in [7, 11) is 0. The van der Waals surface area contributed by atoms with Crippen LogP contribution in [0, 0.1) is 13.8 Å². The summed E-state index contributed by atoms with van der Waals surface area (Å²) in [6, 6.07) is 0. The van der Waals surface area contributed by atoms with E-state index in [9.17, 15) is 5.11 Å². The van der Waals surface area contributed by atoms with Crippen LogP contribution in [0.4, 0.5) is 0 Å². The van der Waals surface area contributed by atoms with Crippen molar-refractivity contribution < 1.29 is 13.9 Å². The molecule has 5 heteroatoms. The van der Waals surface area contributed by atoms with E-state index >= 15 is 0 Å². The molecule has 0 saturated heterocycles. The number of aromatic nitrogens is 1. The molecule has 0 fully saturated rings. The van der Waals surface area contributed by atoms with Gasteiger partial charge in [-0.25, -0.2) is 4.98 Å². The van der Waals surface area contributed by atoms with Crippen LogP contribution >= 0.6 is 15.9 Å². The molecule has 2 aromatic rings. The van der Waals surface area contributed by atoms with Crippen molar-refractivity contribution in [3.63, 3.8) is 0 Å². The quantitative estimate of drug-likeness (QED) is 0.922. The van der Waals surface area contributed by atoms with Crippen LogP contribution in [0.2, 0.25) is 0 Å². The van der Waals surface area contributed by atoms with E-state index in [4.69, 9.17) is 8.83 Å². The fourth-order valence-corrected chi connectivity index (χ4v) is 2.32. The Bertz CT molecular complexity index is 513. The first-order valence-corrected chi connectivity index (χ1v) is 5.61. The minimum Gasteiger partial charge on any atom is -0.471 e. The van der Waals surface area contributed by atoms with Crippen LogP contribution in [0.25, 0.3) is 0 Å². The third kappa shape index (κ3) is 1.70. The maximum atomic E-state index is 10.5. The number of nitrogens with zero attached hydrogens (tertiary/aromatic N) is 1. The highest BCUT2D eigenvalue weighted by Crippen LogP contribution is 2.36. The maximum Gasteiger partial charge on any atom is 0.191 e. The average Bonchev–Trinajstić information content (AvgIpc) is 2.72. The SMILES string of the molecule is Cc1nc(C)c(C(C)(O)c2cocc2Br)o1. The topological polar surface area (TPSA) is 59.4 Å². The van der Waals surface area contributed by atoms with Crippen molar-refractivity contribution >= 4 is 15.9 Å². The minimum atomic E-state index is -1.25. The van der Waals surface area contributed by atoms with Crippen molar-refractivity contribution in [3.8, 4) is 0 Å². The second-order valence-corrected chi connectivity index (χ2v) is 4.71. The molecule has 0 saturated carbocycles. The van der Waals surface area contributed by atoms with Gasteiger partial charge in [-0.15, -0.1) is 0 Å². The molecule has 0 amide bonds. The maximum absolute atomic E-state index is 10.5. The number of rotatable bonds is 2. The largest absolute Gasteiger partial charge is 0.471 e. The molecule has 0 aromatic carbocycles. The van der Waals surface area contributed by atoms with Gasteiger partial charge in [0.15, 0.2) is 17.3 Å². The van der Waals surface area contributed by atoms with Crippen molar-refractivity contribution in [2.24, 2.45) is 0 Å². The molecule has 2 heterocycles. The summed E-state index contributed by atoms with van der Waals surface area (Å²) in [5.74, 6) is 0.972. The number of aryl methyl sites for hydroxylation is 2. The van der Waals surface area contributed by atoms with Gasteiger partial charge in [-0.2, -0.15) is 0 Å². The van der Waals surface area contributed by atoms with Crippen LogP contribution < -0.4 is 0 Å². The lowest BCUT2D eigenvalue weighted by Crippen LogP contribution is -2.23. The smallest absolute Gasteiger partial charge is 0.191 e. The molecule has 0 radical (unpaired) electrons. The molecule has 2 aromatic heterocycles. The average molecular weight is 286 g/mol. The summed E-state index contributed by atoms with van der Waals surface area (Å²) in [5.41, 5.74) is 0.0410. The molecule has 0 aliphatic carbocycles. The lowest BCUT2D eigenvalue weighted by molar-refractivity contribution is 0.0736. The standard InChI is InChI=1S/C11H12BrNO3/c1-6-10(16-7(2)13-6)11(3,14)8-4-15-5-9(8)12/h4-5,14H,1-3H3. The van der Waals surface area contributed by atoms with Crippen LogP contribution in [-0.2, 0) is 5.60 Å². The molecule has 2 rings (SSSR count). The zero-order chi connectivity index (χ0) is 11.9. The van der Waals surface area contributed by atoms with Crippen molar-refractivity contribution in [1.29, 1.82) is 0 Å². The van der Waals surface area contributed by atoms with E-state index in [0.717, 1.165) is 0 Å². The number of aliphatic hydroxyl groups is 1. The number of hydrogen-bond donors (Lipinski definition) is 1. The van der Waals surface area contributed by atoms with Crippen LogP contribution in [0.15, 0.2) is 25.8 Å². The molecular formula is C11H12BrNO3. The zero-order valence-electron chi connectivity index (χ0n) is 9.24. The molecule has 0 bridgehead atoms. The monoisotopic (exact) mass is 285 g/mol. The number of furan rings is 1. The molecule has 0 spiro atoms. The zero-order valence-corrected chi connectivity index (χ0v) is 10.8. The Kier molecular flexibility index (Phi) is 2.67. The van der Waals surface area contributed by atoms with Gasteiger partial charge >= 0.3 is 0 Å². The summed E-state index contributed by atoms with van der Waals surface area (Å²) in [6.45, 7) is 5.20. The Morgan fingerprint density at radius 2 is 2.06 bits per heavy atom. The van der Waals surface area contributed by atoms with Gasteiger partial charge in [-0.1, -0.05) is 0 Å². The Hall–Kier alpha value is -1.07. The van der Waals surface area contributed by atoms with E-state index < -0.39 is 5.60 Å². The van der Waals surface area contributed by atoms with Gasteiger partial charge in [0.1, 0.15) is 6.26 Å². The van der Waals surface area contributed by atoms with Gasteiger partial charge in [0.2, 0.25) is 0 Å². The highest BCUT2D eigenvalue weighted by molar-refractivity contribution is 9.10.